The SMILES string of the molecule is CCN(CC(=O)Nc1cccc(OC)c1)C(=O)c1ccc(OC)cc1. The predicted molar refractivity (Wildman–Crippen MR) is 96.2 cm³/mol. The highest BCUT2D eigenvalue weighted by Gasteiger charge is 2.17. The van der Waals surface area contributed by atoms with Crippen LogP contribution in [0.2, 0.25) is 0 Å². The van der Waals surface area contributed by atoms with E-state index in [1.165, 1.54) is 4.90 Å². The molecule has 0 fully saturated rings. The van der Waals surface area contributed by atoms with Crippen molar-refractivity contribution in [3.63, 3.8) is 0 Å². The molecule has 0 heterocycles. The van der Waals surface area contributed by atoms with Crippen LogP contribution < -0.4 is 14.8 Å². The standard InChI is InChI=1S/C19H22N2O4/c1-4-21(19(23)14-8-10-16(24-2)11-9-14)13-18(22)20-15-6-5-7-17(12-15)25-3/h5-12H,4,13H2,1-3H3,(H,20,22). The van der Waals surface area contributed by atoms with Crippen LogP contribution in [0.4, 0.5) is 5.69 Å². The molecular weight excluding hydrogens is 320 g/mol. The zero-order chi connectivity index (χ0) is 18.2. The number of hydrogen-bond acceptors (Lipinski definition) is 4. The maximum absolute atomic E-state index is 12.5. The Morgan fingerprint density at radius 2 is 1.68 bits per heavy atom. The number of hydrogen-bond donors (Lipinski definition) is 1. The van der Waals surface area contributed by atoms with Crippen LogP contribution in [-0.2, 0) is 4.79 Å². The molecule has 0 saturated heterocycles. The van der Waals surface area contributed by atoms with E-state index in [-0.39, 0.29) is 18.4 Å². The minimum Gasteiger partial charge on any atom is -0.497 e. The van der Waals surface area contributed by atoms with Crippen molar-refractivity contribution in [2.45, 2.75) is 6.92 Å². The average molecular weight is 342 g/mol. The number of ether oxygens (including phenoxy) is 2. The second kappa shape index (κ2) is 8.73. The Hall–Kier alpha value is -3.02. The maximum atomic E-state index is 12.5. The van der Waals surface area contributed by atoms with Crippen LogP contribution in [0.1, 0.15) is 17.3 Å². The van der Waals surface area contributed by atoms with Gasteiger partial charge in [-0.3, -0.25) is 9.59 Å². The molecule has 25 heavy (non-hydrogen) atoms. The number of likely N-dealkylation sites (N-methyl/N-ethyl adjacent to an activating group) is 1. The Morgan fingerprint density at radius 3 is 2.28 bits per heavy atom. The van der Waals surface area contributed by atoms with Gasteiger partial charge in [0.2, 0.25) is 5.91 Å². The first-order valence-corrected chi connectivity index (χ1v) is 7.94. The predicted octanol–water partition coefficient (Wildman–Crippen LogP) is 2.80. The third-order valence-electron chi connectivity index (χ3n) is 3.69. The summed E-state index contributed by atoms with van der Waals surface area (Å²) in [6, 6.07) is 13.9. The van der Waals surface area contributed by atoms with Gasteiger partial charge >= 0.3 is 0 Å². The fraction of sp³-hybridized carbons (Fsp3) is 0.263. The first kappa shape index (κ1) is 18.3. The van der Waals surface area contributed by atoms with Gasteiger partial charge in [0, 0.05) is 23.9 Å². The molecule has 2 amide bonds. The molecule has 2 aromatic carbocycles. The number of carbonyl (C=O) groups excluding carboxylic acids is 2. The lowest BCUT2D eigenvalue weighted by molar-refractivity contribution is -0.116. The van der Waals surface area contributed by atoms with E-state index in [0.29, 0.717) is 29.3 Å². The van der Waals surface area contributed by atoms with Gasteiger partial charge in [0.25, 0.3) is 5.91 Å². The molecular formula is C19H22N2O4. The van der Waals surface area contributed by atoms with Gasteiger partial charge in [0.1, 0.15) is 18.0 Å². The van der Waals surface area contributed by atoms with E-state index in [4.69, 9.17) is 9.47 Å². The highest BCUT2D eigenvalue weighted by Crippen LogP contribution is 2.17. The van der Waals surface area contributed by atoms with E-state index in [2.05, 4.69) is 5.32 Å². The summed E-state index contributed by atoms with van der Waals surface area (Å²) in [4.78, 5) is 26.3. The molecule has 0 aliphatic rings. The van der Waals surface area contributed by atoms with Crippen LogP contribution in [0.15, 0.2) is 48.5 Å². The van der Waals surface area contributed by atoms with Crippen molar-refractivity contribution in [3.8, 4) is 11.5 Å². The first-order chi connectivity index (χ1) is 12.1. The molecule has 0 aromatic heterocycles. The monoisotopic (exact) mass is 342 g/mol. The van der Waals surface area contributed by atoms with Crippen molar-refractivity contribution in [1.29, 1.82) is 0 Å². The van der Waals surface area contributed by atoms with Crippen LogP contribution in [-0.4, -0.2) is 44.0 Å². The normalized spacial score (nSPS) is 10.0. The van der Waals surface area contributed by atoms with Gasteiger partial charge in [0.05, 0.1) is 14.2 Å². The van der Waals surface area contributed by atoms with E-state index in [1.54, 1.807) is 62.8 Å². The highest BCUT2D eigenvalue weighted by atomic mass is 16.5. The molecule has 6 nitrogen and oxygen atoms in total. The van der Waals surface area contributed by atoms with Crippen molar-refractivity contribution in [2.75, 3.05) is 32.6 Å². The lowest BCUT2D eigenvalue weighted by Gasteiger charge is -2.20. The molecule has 6 heteroatoms. The molecule has 132 valence electrons. The van der Waals surface area contributed by atoms with E-state index >= 15 is 0 Å². The molecule has 0 radical (unpaired) electrons. The van der Waals surface area contributed by atoms with E-state index < -0.39 is 0 Å². The number of anilines is 1. The lowest BCUT2D eigenvalue weighted by atomic mass is 10.2. The van der Waals surface area contributed by atoms with Gasteiger partial charge < -0.3 is 19.7 Å². The quantitative estimate of drug-likeness (QED) is 0.840. The molecule has 0 spiro atoms. The fourth-order valence-electron chi connectivity index (χ4n) is 2.32. The number of carbonyl (C=O) groups is 2. The Kier molecular flexibility index (Phi) is 6.39. The lowest BCUT2D eigenvalue weighted by Crippen LogP contribution is -2.37. The molecule has 0 aliphatic heterocycles. The highest BCUT2D eigenvalue weighted by molar-refractivity contribution is 5.99. The molecule has 2 aromatic rings. The number of rotatable bonds is 7. The fourth-order valence-corrected chi connectivity index (χ4v) is 2.32. The molecule has 0 bridgehead atoms. The summed E-state index contributed by atoms with van der Waals surface area (Å²) in [5.74, 6) is 0.859. The van der Waals surface area contributed by atoms with Crippen LogP contribution in [0, 0.1) is 0 Å². The van der Waals surface area contributed by atoms with Crippen LogP contribution in [0.5, 0.6) is 11.5 Å². The van der Waals surface area contributed by atoms with E-state index in [0.717, 1.165) is 0 Å². The smallest absolute Gasteiger partial charge is 0.254 e. The third-order valence-corrected chi connectivity index (χ3v) is 3.69. The largest absolute Gasteiger partial charge is 0.497 e. The topological polar surface area (TPSA) is 67.9 Å². The van der Waals surface area contributed by atoms with Gasteiger partial charge in [-0.05, 0) is 43.3 Å². The summed E-state index contributed by atoms with van der Waals surface area (Å²) in [5, 5.41) is 2.77. The van der Waals surface area contributed by atoms with Gasteiger partial charge in [-0.25, -0.2) is 0 Å². The summed E-state index contributed by atoms with van der Waals surface area (Å²) in [5.41, 5.74) is 1.13. The molecule has 0 saturated carbocycles. The third kappa shape index (κ3) is 4.97. The maximum Gasteiger partial charge on any atom is 0.254 e. The molecule has 0 atom stereocenters. The number of benzene rings is 2. The Bertz CT molecular complexity index is 728. The summed E-state index contributed by atoms with van der Waals surface area (Å²) < 4.78 is 10.2. The van der Waals surface area contributed by atoms with Crippen LogP contribution in [0.3, 0.4) is 0 Å². The molecule has 1 N–H and O–H groups in total. The number of nitrogens with one attached hydrogen (secondary N) is 1. The summed E-state index contributed by atoms with van der Waals surface area (Å²) in [6.45, 7) is 2.23. The van der Waals surface area contributed by atoms with Crippen molar-refractivity contribution < 1.29 is 19.1 Å². The van der Waals surface area contributed by atoms with Gasteiger partial charge in [-0.15, -0.1) is 0 Å². The van der Waals surface area contributed by atoms with Gasteiger partial charge in [0.15, 0.2) is 0 Å². The van der Waals surface area contributed by atoms with Gasteiger partial charge in [-0.2, -0.15) is 0 Å². The van der Waals surface area contributed by atoms with Gasteiger partial charge in [-0.1, -0.05) is 6.07 Å². The van der Waals surface area contributed by atoms with E-state index in [1.807, 2.05) is 6.92 Å². The first-order valence-electron chi connectivity index (χ1n) is 7.94. The summed E-state index contributed by atoms with van der Waals surface area (Å²) in [7, 11) is 3.13. The Balaban J connectivity index is 2.01. The van der Waals surface area contributed by atoms with Crippen molar-refractivity contribution in [1.82, 2.24) is 4.90 Å². The summed E-state index contributed by atoms with van der Waals surface area (Å²) >= 11 is 0. The number of methoxy groups -OCH3 is 2. The van der Waals surface area contributed by atoms with Crippen molar-refractivity contribution >= 4 is 17.5 Å². The second-order valence-corrected chi connectivity index (χ2v) is 5.33. The van der Waals surface area contributed by atoms with Crippen LogP contribution in [0.25, 0.3) is 0 Å². The molecule has 2 rings (SSSR count). The minimum atomic E-state index is -0.267. The Labute approximate surface area is 147 Å². The second-order valence-electron chi connectivity index (χ2n) is 5.33. The zero-order valence-electron chi connectivity index (χ0n) is 14.6. The summed E-state index contributed by atoms with van der Waals surface area (Å²) in [6.07, 6.45) is 0. The van der Waals surface area contributed by atoms with E-state index in [9.17, 15) is 9.59 Å². The number of amides is 2. The minimum absolute atomic E-state index is 0.0292. The van der Waals surface area contributed by atoms with Crippen LogP contribution >= 0.6 is 0 Å². The Morgan fingerprint density at radius 1 is 1.00 bits per heavy atom. The average Bonchev–Trinajstić information content (AvgIpc) is 2.65. The van der Waals surface area contributed by atoms with Crippen molar-refractivity contribution in [3.05, 3.63) is 54.1 Å². The number of nitrogens with zero attached hydrogens (tertiary/aromatic N) is 1. The van der Waals surface area contributed by atoms with Crippen molar-refractivity contribution in [2.24, 2.45) is 0 Å². The molecule has 0 unspecified atom stereocenters. The molecule has 0 aliphatic carbocycles. The zero-order valence-corrected chi connectivity index (χ0v) is 14.6.